The van der Waals surface area contributed by atoms with Crippen LogP contribution >= 0.6 is 23.5 Å². The van der Waals surface area contributed by atoms with Crippen LogP contribution in [0.15, 0.2) is 91.1 Å². The molecule has 4 aromatic rings. The lowest BCUT2D eigenvalue weighted by Crippen LogP contribution is -2.54. The first kappa shape index (κ1) is 43.2. The van der Waals surface area contributed by atoms with Crippen LogP contribution < -0.4 is 21.3 Å². The minimum absolute atomic E-state index is 0.0910. The fourth-order valence-corrected chi connectivity index (χ4v) is 11.0. The third-order valence-corrected chi connectivity index (χ3v) is 14.7. The number of fused-ring (bicyclic) bond motifs is 1. The molecule has 4 amide bonds. The van der Waals surface area contributed by atoms with E-state index in [1.54, 1.807) is 35.8 Å². The zero-order chi connectivity index (χ0) is 40.7. The van der Waals surface area contributed by atoms with Crippen molar-refractivity contribution in [1.82, 2.24) is 31.2 Å². The summed E-state index contributed by atoms with van der Waals surface area (Å²) < 4.78 is -0.127. The molecule has 0 radical (unpaired) electrons. The summed E-state index contributed by atoms with van der Waals surface area (Å²) in [6.45, 7) is 4.28. The van der Waals surface area contributed by atoms with Crippen molar-refractivity contribution in [3.8, 4) is 0 Å². The Kier molecular flexibility index (Phi) is 16.4. The molecule has 1 aliphatic carbocycles. The van der Waals surface area contributed by atoms with Crippen molar-refractivity contribution < 1.29 is 19.2 Å². The Bertz CT molecular complexity index is 1940. The number of carbonyl (C=O) groups is 4. The summed E-state index contributed by atoms with van der Waals surface area (Å²) in [5.74, 6) is 0.789. The number of aromatic nitrogens is 2. The predicted octanol–water partition coefficient (Wildman–Crippen LogP) is 7.48. The topological polar surface area (TPSA) is 142 Å². The van der Waals surface area contributed by atoms with Crippen LogP contribution in [0, 0.1) is 17.8 Å². The number of nitrogens with zero attached hydrogens (tertiary/aromatic N) is 2. The minimum atomic E-state index is -0.753. The summed E-state index contributed by atoms with van der Waals surface area (Å²) in [6, 6.07) is 25.2. The molecule has 308 valence electrons. The number of hydrogen-bond acceptors (Lipinski definition) is 8. The van der Waals surface area contributed by atoms with Crippen molar-refractivity contribution in [3.63, 3.8) is 0 Å². The van der Waals surface area contributed by atoms with Crippen LogP contribution in [-0.2, 0) is 27.3 Å². The smallest absolute Gasteiger partial charge is 0.270 e. The Labute approximate surface area is 351 Å². The molecule has 2 aromatic heterocycles. The second-order valence-electron chi connectivity index (χ2n) is 15.8. The van der Waals surface area contributed by atoms with Gasteiger partial charge in [-0.15, -0.1) is 23.5 Å². The van der Waals surface area contributed by atoms with Gasteiger partial charge >= 0.3 is 0 Å². The number of thioether (sulfide) groups is 2. The number of hydrogen-bond donors (Lipinski definition) is 4. The van der Waals surface area contributed by atoms with E-state index >= 15 is 0 Å². The van der Waals surface area contributed by atoms with Gasteiger partial charge in [0.2, 0.25) is 17.7 Å². The first-order chi connectivity index (χ1) is 28.3. The van der Waals surface area contributed by atoms with Gasteiger partial charge in [0.15, 0.2) is 0 Å². The second kappa shape index (κ2) is 22.1. The standard InChI is InChI=1S/C46H58N6O4S2/c1-3-31(2)40(44(55)48-30-37-19-12-13-25-47-37)51-42(53)35(28-32-14-6-4-7-15-32)21-23-36(29-33-16-8-5-9-17-33)49-45(56)41(46-57-26-27-58-46)52-43(54)39-24-22-34-18-10-11-20-38(34)50-39/h4,6-7,10-15,18-20,22,24-25,31,33,35-36,40-41,46H,3,5,8-9,16-17,21,23,26-30H2,1-2H3,(H,48,55)(H,49,56)(H,51,53)(H,52,54)/t31-,35+,36-,40?,41-/m1/s1. The summed E-state index contributed by atoms with van der Waals surface area (Å²) >= 11 is 3.39. The van der Waals surface area contributed by atoms with Gasteiger partial charge in [0, 0.05) is 35.0 Å². The molecule has 4 N–H and O–H groups in total. The van der Waals surface area contributed by atoms with Gasteiger partial charge < -0.3 is 21.3 Å². The van der Waals surface area contributed by atoms with Crippen molar-refractivity contribution in [2.75, 3.05) is 11.5 Å². The predicted molar refractivity (Wildman–Crippen MR) is 235 cm³/mol. The highest BCUT2D eigenvalue weighted by Gasteiger charge is 2.36. The largest absolute Gasteiger partial charge is 0.352 e. The van der Waals surface area contributed by atoms with E-state index in [0.29, 0.717) is 31.6 Å². The number of para-hydroxylation sites is 1. The number of amides is 4. The Morgan fingerprint density at radius 3 is 2.26 bits per heavy atom. The highest BCUT2D eigenvalue weighted by Crippen LogP contribution is 2.35. The normalized spacial score (nSPS) is 17.4. The zero-order valence-corrected chi connectivity index (χ0v) is 35.4. The molecule has 10 nitrogen and oxygen atoms in total. The molecular weight excluding hydrogens is 765 g/mol. The fraction of sp³-hybridized carbons (Fsp3) is 0.478. The SMILES string of the molecule is CC[C@@H](C)C(NC(=O)[C@@H](CC[C@H](CC1CCCCC1)NC(=O)[C@@H](NC(=O)c1ccc2ccccc2n1)C1SCCS1)Cc1ccccc1)C(=O)NCc1ccccn1. The van der Waals surface area contributed by atoms with E-state index in [-0.39, 0.29) is 52.4 Å². The van der Waals surface area contributed by atoms with Crippen molar-refractivity contribution in [3.05, 3.63) is 108 Å². The molecule has 0 bridgehead atoms. The molecule has 1 aliphatic heterocycles. The number of nitrogens with one attached hydrogen (secondary N) is 4. The van der Waals surface area contributed by atoms with Gasteiger partial charge in [-0.05, 0) is 67.3 Å². The van der Waals surface area contributed by atoms with Crippen molar-refractivity contribution in [2.45, 2.75) is 107 Å². The van der Waals surface area contributed by atoms with Gasteiger partial charge in [0.1, 0.15) is 17.8 Å². The molecule has 6 rings (SSSR count). The van der Waals surface area contributed by atoms with Crippen LogP contribution in [0.5, 0.6) is 0 Å². The molecule has 12 heteroatoms. The summed E-state index contributed by atoms with van der Waals surface area (Å²) in [5, 5.41) is 13.6. The molecule has 58 heavy (non-hydrogen) atoms. The van der Waals surface area contributed by atoms with Crippen molar-refractivity contribution in [1.29, 1.82) is 0 Å². The van der Waals surface area contributed by atoms with E-state index in [4.69, 9.17) is 0 Å². The van der Waals surface area contributed by atoms with Gasteiger partial charge in [-0.1, -0.05) is 113 Å². The van der Waals surface area contributed by atoms with Crippen molar-refractivity contribution >= 4 is 58.1 Å². The van der Waals surface area contributed by atoms with Crippen molar-refractivity contribution in [2.24, 2.45) is 17.8 Å². The van der Waals surface area contributed by atoms with Gasteiger partial charge in [-0.25, -0.2) is 4.98 Å². The fourth-order valence-electron chi connectivity index (χ4n) is 7.99. The second-order valence-corrected chi connectivity index (χ2v) is 18.6. The molecular formula is C46H58N6O4S2. The summed E-state index contributed by atoms with van der Waals surface area (Å²) in [6.07, 6.45) is 10.7. The lowest BCUT2D eigenvalue weighted by Gasteiger charge is -2.31. The third-order valence-electron chi connectivity index (χ3n) is 11.5. The average Bonchev–Trinajstić information content (AvgIpc) is 3.80. The molecule has 1 saturated heterocycles. The summed E-state index contributed by atoms with van der Waals surface area (Å²) in [7, 11) is 0. The minimum Gasteiger partial charge on any atom is -0.352 e. The third kappa shape index (κ3) is 12.5. The Morgan fingerprint density at radius 2 is 1.52 bits per heavy atom. The van der Waals surface area contributed by atoms with Crippen LogP contribution in [0.25, 0.3) is 10.9 Å². The highest BCUT2D eigenvalue weighted by atomic mass is 32.2. The Hall–Kier alpha value is -4.42. The molecule has 2 aliphatic rings. The maximum absolute atomic E-state index is 14.4. The van der Waals surface area contributed by atoms with E-state index in [2.05, 4.69) is 31.2 Å². The van der Waals surface area contributed by atoms with Crippen LogP contribution in [0.2, 0.25) is 0 Å². The van der Waals surface area contributed by atoms with E-state index in [0.717, 1.165) is 52.9 Å². The number of rotatable bonds is 19. The van der Waals surface area contributed by atoms with Gasteiger partial charge in [-0.3, -0.25) is 24.2 Å². The molecule has 1 unspecified atom stereocenters. The molecule has 5 atom stereocenters. The molecule has 2 aromatic carbocycles. The van der Waals surface area contributed by atoms with E-state index < -0.39 is 18.0 Å². The maximum Gasteiger partial charge on any atom is 0.270 e. The van der Waals surface area contributed by atoms with E-state index in [1.165, 1.54) is 19.3 Å². The molecule has 2 fully saturated rings. The van der Waals surface area contributed by atoms with Crippen LogP contribution in [0.4, 0.5) is 0 Å². The first-order valence-corrected chi connectivity index (χ1v) is 23.1. The van der Waals surface area contributed by atoms with Crippen LogP contribution in [0.3, 0.4) is 0 Å². The quantitative estimate of drug-likeness (QED) is 0.0764. The van der Waals surface area contributed by atoms with E-state index in [9.17, 15) is 19.2 Å². The number of benzene rings is 2. The van der Waals surface area contributed by atoms with Crippen LogP contribution in [-0.4, -0.2) is 67.8 Å². The molecule has 0 spiro atoms. The maximum atomic E-state index is 14.4. The number of carbonyl (C=O) groups excluding carboxylic acids is 4. The van der Waals surface area contributed by atoms with Crippen LogP contribution in [0.1, 0.15) is 93.4 Å². The van der Waals surface area contributed by atoms with Gasteiger partial charge in [0.25, 0.3) is 5.91 Å². The molecule has 3 heterocycles. The Balaban J connectivity index is 1.18. The Morgan fingerprint density at radius 1 is 0.776 bits per heavy atom. The highest BCUT2D eigenvalue weighted by molar-refractivity contribution is 8.20. The monoisotopic (exact) mass is 822 g/mol. The lowest BCUT2D eigenvalue weighted by atomic mass is 9.82. The van der Waals surface area contributed by atoms with Gasteiger partial charge in [0.05, 0.1) is 22.3 Å². The summed E-state index contributed by atoms with van der Waals surface area (Å²) in [4.78, 5) is 65.0. The zero-order valence-electron chi connectivity index (χ0n) is 33.7. The number of pyridine rings is 2. The summed E-state index contributed by atoms with van der Waals surface area (Å²) in [5.41, 5.74) is 2.79. The van der Waals surface area contributed by atoms with Gasteiger partial charge in [-0.2, -0.15) is 0 Å². The average molecular weight is 823 g/mol. The van der Waals surface area contributed by atoms with E-state index in [1.807, 2.05) is 92.7 Å². The lowest BCUT2D eigenvalue weighted by molar-refractivity contribution is -0.132. The first-order valence-electron chi connectivity index (χ1n) is 21.0. The molecule has 1 saturated carbocycles.